The highest BCUT2D eigenvalue weighted by Gasteiger charge is 2.33. The van der Waals surface area contributed by atoms with Gasteiger partial charge in [0.15, 0.2) is 11.2 Å². The van der Waals surface area contributed by atoms with Crippen LogP contribution in [-0.2, 0) is 11.3 Å². The van der Waals surface area contributed by atoms with Crippen molar-refractivity contribution in [2.75, 3.05) is 13.1 Å². The Balaban J connectivity index is 1.44. The van der Waals surface area contributed by atoms with E-state index >= 15 is 0 Å². The smallest absolute Gasteiger partial charge is 0.281 e. The maximum Gasteiger partial charge on any atom is 0.281 e. The Morgan fingerprint density at radius 1 is 1.19 bits per heavy atom. The average molecular weight is 421 g/mol. The topological polar surface area (TPSA) is 96.8 Å². The number of nitrogens with one attached hydrogen (secondary N) is 1. The number of H-pyrrole nitrogens is 1. The molecule has 1 aromatic carbocycles. The molecule has 1 unspecified atom stereocenters. The largest absolute Gasteiger partial charge is 0.342 e. The van der Waals surface area contributed by atoms with Crippen molar-refractivity contribution < 1.29 is 4.79 Å². The van der Waals surface area contributed by atoms with E-state index < -0.39 is 0 Å². The number of hydrogen-bond acceptors (Lipinski definition) is 5. The van der Waals surface area contributed by atoms with E-state index in [1.807, 2.05) is 4.90 Å². The molecule has 3 aromatic rings. The number of carbonyl (C=O) groups excluding carboxylic acids is 1. The zero-order valence-corrected chi connectivity index (χ0v) is 18.1. The third kappa shape index (κ3) is 3.75. The van der Waals surface area contributed by atoms with Crippen molar-refractivity contribution in [2.24, 2.45) is 5.92 Å². The minimum atomic E-state index is -0.269. The van der Waals surface area contributed by atoms with Crippen molar-refractivity contribution >= 4 is 17.1 Å². The lowest BCUT2D eigenvalue weighted by atomic mass is 9.83. The molecular weight excluding hydrogens is 392 g/mol. The predicted molar refractivity (Wildman–Crippen MR) is 117 cm³/mol. The molecule has 31 heavy (non-hydrogen) atoms. The summed E-state index contributed by atoms with van der Waals surface area (Å²) in [5, 5.41) is 8.29. The third-order valence-electron chi connectivity index (χ3n) is 6.79. The summed E-state index contributed by atoms with van der Waals surface area (Å²) in [6, 6.07) is 6.30. The second kappa shape index (κ2) is 7.90. The van der Waals surface area contributed by atoms with E-state index in [4.69, 9.17) is 4.98 Å². The number of carbonyl (C=O) groups is 1. The van der Waals surface area contributed by atoms with Crippen molar-refractivity contribution in [1.29, 1.82) is 0 Å². The molecule has 162 valence electrons. The van der Waals surface area contributed by atoms with Gasteiger partial charge in [0, 0.05) is 24.9 Å². The number of nitrogens with zero attached hydrogens (tertiary/aromatic N) is 5. The molecule has 1 amide bonds. The number of hydrogen-bond donors (Lipinski definition) is 1. The van der Waals surface area contributed by atoms with Crippen molar-refractivity contribution in [3.05, 3.63) is 51.1 Å². The molecule has 0 spiro atoms. The van der Waals surface area contributed by atoms with Crippen LogP contribution in [0.15, 0.2) is 23.0 Å². The number of aromatic nitrogens is 5. The Morgan fingerprint density at radius 3 is 2.81 bits per heavy atom. The lowest BCUT2D eigenvalue weighted by Crippen LogP contribution is -2.44. The lowest BCUT2D eigenvalue weighted by Gasteiger charge is -2.36. The van der Waals surface area contributed by atoms with Crippen molar-refractivity contribution in [3.8, 4) is 0 Å². The van der Waals surface area contributed by atoms with E-state index in [1.165, 1.54) is 5.56 Å². The molecule has 8 nitrogen and oxygen atoms in total. The van der Waals surface area contributed by atoms with Crippen molar-refractivity contribution in [1.82, 2.24) is 29.9 Å². The van der Waals surface area contributed by atoms with Gasteiger partial charge in [-0.2, -0.15) is 0 Å². The minimum Gasteiger partial charge on any atom is -0.342 e. The zero-order chi connectivity index (χ0) is 21.5. The number of aromatic amines is 1. The summed E-state index contributed by atoms with van der Waals surface area (Å²) in [6.45, 7) is 6.04. The van der Waals surface area contributed by atoms with E-state index in [9.17, 15) is 9.59 Å². The standard InChI is InChI=1S/C23H28N6O2/c1-14-8-9-15(2)18(11-14)13-29-21-19(26-27-29)22(30)25-20(24-21)17-7-4-10-28(12-17)23(31)16-5-3-6-16/h8-9,11,16-17H,3-7,10,12-13H2,1-2H3,(H,24,25,30). The van der Waals surface area contributed by atoms with E-state index in [0.29, 0.717) is 24.6 Å². The SMILES string of the molecule is Cc1ccc(C)c(Cn2nnc3c(=O)[nH]c(C4CCCN(C(=O)C5CCC5)C4)nc32)c1. The fraction of sp³-hybridized carbons (Fsp3) is 0.522. The number of amides is 1. The number of fused-ring (bicyclic) bond motifs is 1. The number of likely N-dealkylation sites (tertiary alicyclic amines) is 1. The Bertz CT molecular complexity index is 1190. The molecular formula is C23H28N6O2. The van der Waals surface area contributed by atoms with Crippen LogP contribution in [0.2, 0.25) is 0 Å². The van der Waals surface area contributed by atoms with Gasteiger partial charge in [-0.25, -0.2) is 9.67 Å². The summed E-state index contributed by atoms with van der Waals surface area (Å²) in [6.07, 6.45) is 4.98. The molecule has 1 N–H and O–H groups in total. The molecule has 2 fully saturated rings. The molecule has 1 aliphatic carbocycles. The van der Waals surface area contributed by atoms with Crippen LogP contribution < -0.4 is 5.56 Å². The lowest BCUT2D eigenvalue weighted by molar-refractivity contribution is -0.139. The number of benzene rings is 1. The Labute approximate surface area is 180 Å². The van der Waals surface area contributed by atoms with Gasteiger partial charge in [0.25, 0.3) is 5.56 Å². The van der Waals surface area contributed by atoms with Crippen LogP contribution >= 0.6 is 0 Å². The normalized spacial score (nSPS) is 19.5. The minimum absolute atomic E-state index is 0.0268. The Morgan fingerprint density at radius 2 is 2.03 bits per heavy atom. The first-order valence-corrected chi connectivity index (χ1v) is 11.2. The van der Waals surface area contributed by atoms with Crippen molar-refractivity contribution in [2.45, 2.75) is 58.4 Å². The molecule has 5 rings (SSSR count). The second-order valence-corrected chi connectivity index (χ2v) is 9.05. The van der Waals surface area contributed by atoms with Gasteiger partial charge >= 0.3 is 0 Å². The molecule has 3 heterocycles. The second-order valence-electron chi connectivity index (χ2n) is 9.05. The fourth-order valence-electron chi connectivity index (χ4n) is 4.63. The maximum atomic E-state index is 12.7. The van der Waals surface area contributed by atoms with Gasteiger partial charge in [-0.3, -0.25) is 9.59 Å². The van der Waals surface area contributed by atoms with Gasteiger partial charge in [-0.1, -0.05) is 35.4 Å². The third-order valence-corrected chi connectivity index (χ3v) is 6.79. The summed E-state index contributed by atoms with van der Waals surface area (Å²) >= 11 is 0. The monoisotopic (exact) mass is 420 g/mol. The summed E-state index contributed by atoms with van der Waals surface area (Å²) in [5.74, 6) is 1.12. The highest BCUT2D eigenvalue weighted by Crippen LogP contribution is 2.31. The first kappa shape index (κ1) is 19.9. The van der Waals surface area contributed by atoms with Crippen LogP contribution in [0.25, 0.3) is 11.2 Å². The fourth-order valence-corrected chi connectivity index (χ4v) is 4.63. The summed E-state index contributed by atoms with van der Waals surface area (Å²) in [5.41, 5.74) is 3.96. The average Bonchev–Trinajstić information content (AvgIpc) is 3.13. The summed E-state index contributed by atoms with van der Waals surface area (Å²) in [7, 11) is 0. The van der Waals surface area contributed by atoms with Gasteiger partial charge < -0.3 is 9.88 Å². The predicted octanol–water partition coefficient (Wildman–Crippen LogP) is 2.69. The Kier molecular flexibility index (Phi) is 5.08. The molecule has 2 aliphatic rings. The van der Waals surface area contributed by atoms with Gasteiger partial charge in [0.1, 0.15) is 5.82 Å². The molecule has 1 aliphatic heterocycles. The molecule has 1 saturated carbocycles. The van der Waals surface area contributed by atoms with Crippen LogP contribution in [0.5, 0.6) is 0 Å². The van der Waals surface area contributed by atoms with Gasteiger partial charge in [-0.15, -0.1) is 5.10 Å². The number of rotatable bonds is 4. The van der Waals surface area contributed by atoms with E-state index in [2.05, 4.69) is 47.3 Å². The zero-order valence-electron chi connectivity index (χ0n) is 18.1. The first-order chi connectivity index (χ1) is 15.0. The molecule has 1 saturated heterocycles. The van der Waals surface area contributed by atoms with Crippen molar-refractivity contribution in [3.63, 3.8) is 0 Å². The molecule has 0 bridgehead atoms. The van der Waals surface area contributed by atoms with E-state index in [-0.39, 0.29) is 28.8 Å². The van der Waals surface area contributed by atoms with Crippen LogP contribution in [0.3, 0.4) is 0 Å². The summed E-state index contributed by atoms with van der Waals surface area (Å²) in [4.78, 5) is 35.1. The van der Waals surface area contributed by atoms with E-state index in [1.54, 1.807) is 4.68 Å². The maximum absolute atomic E-state index is 12.7. The molecule has 0 radical (unpaired) electrons. The number of aryl methyl sites for hydroxylation is 2. The molecule has 2 aromatic heterocycles. The first-order valence-electron chi connectivity index (χ1n) is 11.2. The number of piperidine rings is 1. The van der Waals surface area contributed by atoms with Gasteiger partial charge in [0.2, 0.25) is 5.91 Å². The highest BCUT2D eigenvalue weighted by molar-refractivity contribution is 5.79. The van der Waals surface area contributed by atoms with Gasteiger partial charge in [0.05, 0.1) is 6.54 Å². The highest BCUT2D eigenvalue weighted by atomic mass is 16.2. The quantitative estimate of drug-likeness (QED) is 0.700. The van der Waals surface area contributed by atoms with Crippen LogP contribution in [0.4, 0.5) is 0 Å². The van der Waals surface area contributed by atoms with Crippen LogP contribution in [0.1, 0.15) is 60.5 Å². The van der Waals surface area contributed by atoms with Gasteiger partial charge in [-0.05, 0) is 50.7 Å². The Hall–Kier alpha value is -3.03. The molecule has 1 atom stereocenters. The summed E-state index contributed by atoms with van der Waals surface area (Å²) < 4.78 is 1.70. The molecule has 8 heteroatoms. The van der Waals surface area contributed by atoms with E-state index in [0.717, 1.165) is 49.8 Å². The van der Waals surface area contributed by atoms with Crippen LogP contribution in [-0.4, -0.2) is 48.9 Å². The van der Waals surface area contributed by atoms with Crippen LogP contribution in [0, 0.1) is 19.8 Å².